The highest BCUT2D eigenvalue weighted by atomic mass is 32.2. The quantitative estimate of drug-likeness (QED) is 0.362. The first-order chi connectivity index (χ1) is 15.2. The fourth-order valence-electron chi connectivity index (χ4n) is 3.33. The van der Waals surface area contributed by atoms with Crippen molar-refractivity contribution in [3.63, 3.8) is 0 Å². The zero-order chi connectivity index (χ0) is 23.5. The highest BCUT2D eigenvalue weighted by molar-refractivity contribution is 7.89. The number of nitrogens with zero attached hydrogens (tertiary/aromatic N) is 4. The van der Waals surface area contributed by atoms with Crippen molar-refractivity contribution >= 4 is 43.2 Å². The third-order valence-corrected chi connectivity index (χ3v) is 8.07. The summed E-state index contributed by atoms with van der Waals surface area (Å²) in [5, 5.41) is 11.1. The minimum atomic E-state index is -3.61. The lowest BCUT2D eigenvalue weighted by Crippen LogP contribution is -2.30. The van der Waals surface area contributed by atoms with Crippen LogP contribution in [0.5, 0.6) is 0 Å². The summed E-state index contributed by atoms with van der Waals surface area (Å²) in [6.45, 7) is 6.84. The van der Waals surface area contributed by atoms with Crippen LogP contribution in [-0.4, -0.2) is 41.2 Å². The third kappa shape index (κ3) is 4.64. The van der Waals surface area contributed by atoms with Gasteiger partial charge in [0, 0.05) is 37.3 Å². The zero-order valence-corrected chi connectivity index (χ0v) is 19.6. The van der Waals surface area contributed by atoms with Gasteiger partial charge in [0.2, 0.25) is 10.0 Å². The lowest BCUT2D eigenvalue weighted by atomic mass is 10.2. The van der Waals surface area contributed by atoms with Gasteiger partial charge < -0.3 is 4.57 Å². The van der Waals surface area contributed by atoms with Crippen molar-refractivity contribution in [1.82, 2.24) is 8.87 Å². The van der Waals surface area contributed by atoms with E-state index in [-0.39, 0.29) is 16.1 Å². The van der Waals surface area contributed by atoms with Crippen molar-refractivity contribution in [2.75, 3.05) is 13.1 Å². The van der Waals surface area contributed by atoms with E-state index < -0.39 is 20.9 Å². The highest BCUT2D eigenvalue weighted by Gasteiger charge is 2.21. The maximum Gasteiger partial charge on any atom is 0.279 e. The van der Waals surface area contributed by atoms with Crippen molar-refractivity contribution in [3.05, 3.63) is 62.9 Å². The van der Waals surface area contributed by atoms with Crippen LogP contribution in [0, 0.1) is 10.1 Å². The molecule has 0 bridgehead atoms. The molecule has 0 aliphatic carbocycles. The Morgan fingerprint density at radius 3 is 2.34 bits per heavy atom. The summed E-state index contributed by atoms with van der Waals surface area (Å²) in [6, 6.07) is 10.3. The molecule has 2 aromatic carbocycles. The number of aryl methyl sites for hydroxylation is 1. The van der Waals surface area contributed by atoms with E-state index in [0.717, 1.165) is 11.9 Å². The van der Waals surface area contributed by atoms with Gasteiger partial charge in [-0.05, 0) is 36.8 Å². The smallest absolute Gasteiger partial charge is 0.279 e. The van der Waals surface area contributed by atoms with Crippen molar-refractivity contribution < 1.29 is 18.1 Å². The summed E-state index contributed by atoms with van der Waals surface area (Å²) < 4.78 is 29.1. The average Bonchev–Trinajstić information content (AvgIpc) is 3.11. The van der Waals surface area contributed by atoms with Gasteiger partial charge in [0.25, 0.3) is 11.6 Å². The molecule has 0 aliphatic heterocycles. The second-order valence-electron chi connectivity index (χ2n) is 6.98. The number of sulfonamides is 1. The molecule has 32 heavy (non-hydrogen) atoms. The number of fused-ring (bicyclic) bond motifs is 1. The van der Waals surface area contributed by atoms with Gasteiger partial charge in [-0.1, -0.05) is 32.1 Å². The van der Waals surface area contributed by atoms with Crippen molar-refractivity contribution in [2.24, 2.45) is 4.99 Å². The number of hydrogen-bond acceptors (Lipinski definition) is 6. The van der Waals surface area contributed by atoms with Crippen LogP contribution < -0.4 is 4.80 Å². The van der Waals surface area contributed by atoms with Crippen LogP contribution in [0.3, 0.4) is 0 Å². The lowest BCUT2D eigenvalue weighted by molar-refractivity contribution is -0.384. The molecule has 1 heterocycles. The van der Waals surface area contributed by atoms with Crippen LogP contribution in [0.2, 0.25) is 0 Å². The largest absolute Gasteiger partial charge is 0.316 e. The maximum atomic E-state index is 12.8. The number of thiazole rings is 1. The van der Waals surface area contributed by atoms with Crippen LogP contribution in [0.1, 0.15) is 37.6 Å². The number of nitro groups is 1. The van der Waals surface area contributed by atoms with Gasteiger partial charge in [-0.15, -0.1) is 0 Å². The fraction of sp³-hybridized carbons (Fsp3) is 0.333. The number of nitro benzene ring substituents is 1. The van der Waals surface area contributed by atoms with E-state index in [1.807, 2.05) is 11.5 Å². The number of hydrogen-bond donors (Lipinski definition) is 0. The predicted molar refractivity (Wildman–Crippen MR) is 123 cm³/mol. The topological polar surface area (TPSA) is 115 Å². The van der Waals surface area contributed by atoms with E-state index in [4.69, 9.17) is 0 Å². The molecule has 3 rings (SSSR count). The molecule has 0 atom stereocenters. The van der Waals surface area contributed by atoms with Crippen LogP contribution >= 0.6 is 11.3 Å². The van der Waals surface area contributed by atoms with Crippen LogP contribution in [0.4, 0.5) is 5.69 Å². The fourth-order valence-corrected chi connectivity index (χ4v) is 5.88. The monoisotopic (exact) mass is 476 g/mol. The molecule has 0 saturated carbocycles. The van der Waals surface area contributed by atoms with Gasteiger partial charge in [0.05, 0.1) is 20.0 Å². The average molecular weight is 477 g/mol. The Bertz CT molecular complexity index is 1320. The second-order valence-corrected chi connectivity index (χ2v) is 9.92. The number of aromatic nitrogens is 1. The normalized spacial score (nSPS) is 12.6. The molecule has 1 amide bonds. The first-order valence-corrected chi connectivity index (χ1v) is 12.5. The summed E-state index contributed by atoms with van der Waals surface area (Å²) in [6.07, 6.45) is 0.794. The molecule has 0 saturated heterocycles. The van der Waals surface area contributed by atoms with E-state index in [1.54, 1.807) is 19.9 Å². The zero-order valence-electron chi connectivity index (χ0n) is 18.0. The van der Waals surface area contributed by atoms with Gasteiger partial charge >= 0.3 is 0 Å². The molecule has 0 radical (unpaired) electrons. The first kappa shape index (κ1) is 23.8. The predicted octanol–water partition coefficient (Wildman–Crippen LogP) is 3.79. The molecule has 0 unspecified atom stereocenters. The second kappa shape index (κ2) is 9.72. The van der Waals surface area contributed by atoms with Gasteiger partial charge in [0.1, 0.15) is 0 Å². The van der Waals surface area contributed by atoms with Gasteiger partial charge in [0.15, 0.2) is 4.80 Å². The lowest BCUT2D eigenvalue weighted by Gasteiger charge is -2.18. The molecular formula is C21H24N4O5S2. The van der Waals surface area contributed by atoms with Gasteiger partial charge in [-0.25, -0.2) is 8.42 Å². The van der Waals surface area contributed by atoms with Crippen molar-refractivity contribution in [2.45, 2.75) is 38.6 Å². The van der Waals surface area contributed by atoms with E-state index in [2.05, 4.69) is 4.99 Å². The summed E-state index contributed by atoms with van der Waals surface area (Å²) in [7, 11) is -3.61. The summed E-state index contributed by atoms with van der Waals surface area (Å²) >= 11 is 1.20. The van der Waals surface area contributed by atoms with Crippen LogP contribution in [0.15, 0.2) is 52.4 Å². The van der Waals surface area contributed by atoms with E-state index in [1.165, 1.54) is 52.0 Å². The Labute approximate surface area is 189 Å². The van der Waals surface area contributed by atoms with Crippen LogP contribution in [0.25, 0.3) is 10.2 Å². The van der Waals surface area contributed by atoms with Gasteiger partial charge in [-0.2, -0.15) is 9.30 Å². The Hall–Kier alpha value is -2.89. The van der Waals surface area contributed by atoms with Crippen molar-refractivity contribution in [1.29, 1.82) is 0 Å². The number of non-ortho nitro benzene ring substituents is 1. The minimum absolute atomic E-state index is 0.0229. The molecule has 3 aromatic rings. The third-order valence-electron chi connectivity index (χ3n) is 4.97. The molecule has 170 valence electrons. The molecule has 0 spiro atoms. The first-order valence-electron chi connectivity index (χ1n) is 10.2. The number of benzene rings is 2. The Balaban J connectivity index is 2.00. The minimum Gasteiger partial charge on any atom is -0.316 e. The Morgan fingerprint density at radius 2 is 1.78 bits per heavy atom. The van der Waals surface area contributed by atoms with E-state index in [9.17, 15) is 23.3 Å². The standard InChI is InChI=1S/C21H24N4O5S2/c1-4-13-24-18-12-9-16(25(27)28)14-19(18)31-21(24)22-20(26)15-7-10-17(11-8-15)32(29,30)23(5-2)6-3/h7-12,14H,4-6,13H2,1-3H3. The molecule has 1 aromatic heterocycles. The Kier molecular flexibility index (Phi) is 7.22. The number of amides is 1. The molecule has 11 heteroatoms. The molecule has 0 N–H and O–H groups in total. The summed E-state index contributed by atoms with van der Waals surface area (Å²) in [4.78, 5) is 28.2. The number of carbonyl (C=O) groups excluding carboxylic acids is 1. The van der Waals surface area contributed by atoms with Crippen molar-refractivity contribution in [3.8, 4) is 0 Å². The van der Waals surface area contributed by atoms with E-state index in [0.29, 0.717) is 29.1 Å². The molecule has 9 nitrogen and oxygen atoms in total. The number of carbonyl (C=O) groups is 1. The maximum absolute atomic E-state index is 12.8. The van der Waals surface area contributed by atoms with Gasteiger partial charge in [-0.3, -0.25) is 14.9 Å². The molecular weight excluding hydrogens is 452 g/mol. The summed E-state index contributed by atoms with van der Waals surface area (Å²) in [5.74, 6) is -0.511. The van der Waals surface area contributed by atoms with E-state index >= 15 is 0 Å². The molecule has 0 aliphatic rings. The molecule has 0 fully saturated rings. The van der Waals surface area contributed by atoms with Crippen LogP contribution in [-0.2, 0) is 16.6 Å². The SMILES string of the molecule is CCCn1c(=NC(=O)c2ccc(S(=O)(=O)N(CC)CC)cc2)sc2cc([N+](=O)[O-])ccc21. The number of rotatable bonds is 8. The summed E-state index contributed by atoms with van der Waals surface area (Å²) in [5.41, 5.74) is 1.01. The highest BCUT2D eigenvalue weighted by Crippen LogP contribution is 2.24. The Morgan fingerprint density at radius 1 is 1.12 bits per heavy atom.